The zero-order valence-corrected chi connectivity index (χ0v) is 21.6. The molecule has 0 aliphatic carbocycles. The third-order valence-corrected chi connectivity index (χ3v) is 6.74. The summed E-state index contributed by atoms with van der Waals surface area (Å²) in [5.74, 6) is -0.213. The maximum Gasteiger partial charge on any atom is 0.406 e. The molecule has 0 radical (unpaired) electrons. The van der Waals surface area contributed by atoms with Gasteiger partial charge in [0.2, 0.25) is 11.7 Å². The summed E-state index contributed by atoms with van der Waals surface area (Å²) in [6, 6.07) is 15.7. The van der Waals surface area contributed by atoms with Gasteiger partial charge in [0.25, 0.3) is 5.91 Å². The summed E-state index contributed by atoms with van der Waals surface area (Å²) >= 11 is 0. The van der Waals surface area contributed by atoms with Gasteiger partial charge >= 0.3 is 6.18 Å². The quantitative estimate of drug-likeness (QED) is 0.181. The van der Waals surface area contributed by atoms with Crippen LogP contribution in [0.5, 0.6) is 0 Å². The molecule has 0 saturated heterocycles. The van der Waals surface area contributed by atoms with Crippen molar-refractivity contribution in [2.24, 2.45) is 0 Å². The van der Waals surface area contributed by atoms with Crippen molar-refractivity contribution in [2.45, 2.75) is 45.1 Å². The molecular formula is C26H29F3N5O2P. The highest BCUT2D eigenvalue weighted by atomic mass is 31.1. The summed E-state index contributed by atoms with van der Waals surface area (Å²) in [4.78, 5) is 16.6. The van der Waals surface area contributed by atoms with Gasteiger partial charge in [0.15, 0.2) is 0 Å². The fourth-order valence-electron chi connectivity index (χ4n) is 4.15. The maximum absolute atomic E-state index is 13.6. The van der Waals surface area contributed by atoms with Gasteiger partial charge in [0.1, 0.15) is 6.54 Å². The zero-order chi connectivity index (χ0) is 26.4. The lowest BCUT2D eigenvalue weighted by Gasteiger charge is -2.16. The molecule has 2 aromatic heterocycles. The molecule has 0 bridgehead atoms. The Morgan fingerprint density at radius 1 is 1.16 bits per heavy atom. The number of nitrogens with zero attached hydrogens (tertiary/aromatic N) is 3. The Bertz CT molecular complexity index is 1340. The number of hydrogen-bond acceptors (Lipinski definition) is 5. The lowest BCUT2D eigenvalue weighted by Crippen LogP contribution is -2.22. The Morgan fingerprint density at radius 3 is 2.68 bits per heavy atom. The van der Waals surface area contributed by atoms with Gasteiger partial charge in [-0.2, -0.15) is 18.2 Å². The first-order valence-corrected chi connectivity index (χ1v) is 13.7. The minimum absolute atomic E-state index is 0.0207. The molecule has 2 heterocycles. The minimum Gasteiger partial charge on any atom is -0.382 e. The van der Waals surface area contributed by atoms with Crippen LogP contribution in [0.2, 0.25) is 0 Å². The summed E-state index contributed by atoms with van der Waals surface area (Å²) in [5, 5.41) is 10.7. The van der Waals surface area contributed by atoms with Crippen LogP contribution < -0.4 is 10.6 Å². The van der Waals surface area contributed by atoms with Crippen molar-refractivity contribution in [3.8, 4) is 11.5 Å². The molecular weight excluding hydrogens is 502 g/mol. The smallest absolute Gasteiger partial charge is 0.382 e. The van der Waals surface area contributed by atoms with E-state index in [0.29, 0.717) is 16.5 Å². The van der Waals surface area contributed by atoms with E-state index in [1.165, 1.54) is 0 Å². The summed E-state index contributed by atoms with van der Waals surface area (Å²) in [6.45, 7) is 2.99. The number of amides is 1. The Morgan fingerprint density at radius 2 is 1.95 bits per heavy atom. The second-order valence-corrected chi connectivity index (χ2v) is 10.0. The second kappa shape index (κ2) is 11.8. The lowest BCUT2D eigenvalue weighted by atomic mass is 10.1. The fourth-order valence-corrected chi connectivity index (χ4v) is 4.70. The summed E-state index contributed by atoms with van der Waals surface area (Å²) in [6.07, 6.45) is -1.23. The first-order chi connectivity index (χ1) is 17.7. The highest BCUT2D eigenvalue weighted by molar-refractivity contribution is 7.36. The van der Waals surface area contributed by atoms with E-state index >= 15 is 0 Å². The predicted octanol–water partition coefficient (Wildman–Crippen LogP) is 6.07. The molecule has 0 aliphatic rings. The van der Waals surface area contributed by atoms with Crippen LogP contribution in [-0.4, -0.2) is 45.7 Å². The molecule has 7 nitrogen and oxygen atoms in total. The summed E-state index contributed by atoms with van der Waals surface area (Å²) in [7, 11) is 0.899. The number of rotatable bonds is 11. The van der Waals surface area contributed by atoms with Gasteiger partial charge in [-0.1, -0.05) is 29.4 Å². The SMILES string of the molecule is CPCCCC(C)Nc1cccc2c1cc(-c1noc(CNC(=O)c3ccccc3)n1)n2CC(F)(F)F. The number of fused-ring (bicyclic) bond motifs is 1. The highest BCUT2D eigenvalue weighted by Crippen LogP contribution is 2.34. The van der Waals surface area contributed by atoms with E-state index in [9.17, 15) is 18.0 Å². The van der Waals surface area contributed by atoms with Crippen molar-refractivity contribution in [1.29, 1.82) is 0 Å². The van der Waals surface area contributed by atoms with Crippen LogP contribution in [0.4, 0.5) is 18.9 Å². The van der Waals surface area contributed by atoms with Crippen molar-refractivity contribution < 1.29 is 22.5 Å². The second-order valence-electron chi connectivity index (χ2n) is 8.82. The molecule has 4 rings (SSSR count). The number of carbonyl (C=O) groups excluding carboxylic acids is 1. The molecule has 2 unspecified atom stereocenters. The van der Waals surface area contributed by atoms with E-state index in [-0.39, 0.29) is 35.9 Å². The number of aromatic nitrogens is 3. The maximum atomic E-state index is 13.6. The van der Waals surface area contributed by atoms with E-state index < -0.39 is 12.7 Å². The third-order valence-electron chi connectivity index (χ3n) is 5.88. The Kier molecular flexibility index (Phi) is 8.48. The minimum atomic E-state index is -4.45. The van der Waals surface area contributed by atoms with E-state index in [0.717, 1.165) is 37.8 Å². The van der Waals surface area contributed by atoms with Gasteiger partial charge in [-0.3, -0.25) is 4.79 Å². The van der Waals surface area contributed by atoms with Gasteiger partial charge < -0.3 is 19.7 Å². The lowest BCUT2D eigenvalue weighted by molar-refractivity contribution is -0.139. The molecule has 4 aromatic rings. The van der Waals surface area contributed by atoms with E-state index in [4.69, 9.17) is 4.52 Å². The topological polar surface area (TPSA) is 85.0 Å². The normalized spacial score (nSPS) is 12.9. The molecule has 2 N–H and O–H groups in total. The van der Waals surface area contributed by atoms with Crippen molar-refractivity contribution in [1.82, 2.24) is 20.0 Å². The standard InChI is InChI=1S/C26H29F3N5O2P/c1-17(8-7-13-37-2)31-20-11-6-12-21-19(20)14-22(34(21)16-26(27,28)29)24-32-23(36-33-24)15-30-25(35)18-9-4-3-5-10-18/h3-6,9-12,14,17,31,37H,7-8,13,15-16H2,1-2H3,(H,30,35). The van der Waals surface area contributed by atoms with Gasteiger partial charge in [-0.25, -0.2) is 0 Å². The average molecular weight is 532 g/mol. The molecule has 0 saturated carbocycles. The van der Waals surface area contributed by atoms with Gasteiger partial charge in [0, 0.05) is 22.7 Å². The van der Waals surface area contributed by atoms with Crippen LogP contribution in [0.1, 0.15) is 36.0 Å². The van der Waals surface area contributed by atoms with Crippen LogP contribution in [0.15, 0.2) is 59.1 Å². The third kappa shape index (κ3) is 6.89. The van der Waals surface area contributed by atoms with Crippen molar-refractivity contribution in [2.75, 3.05) is 18.1 Å². The number of halogens is 3. The number of carbonyl (C=O) groups is 1. The van der Waals surface area contributed by atoms with E-state index in [1.807, 2.05) is 6.07 Å². The van der Waals surface area contributed by atoms with Crippen molar-refractivity contribution in [3.05, 3.63) is 66.1 Å². The molecule has 37 heavy (non-hydrogen) atoms. The Balaban J connectivity index is 1.60. The molecule has 11 heteroatoms. The number of hydrogen-bond donors (Lipinski definition) is 2. The van der Waals surface area contributed by atoms with Crippen LogP contribution in [-0.2, 0) is 13.1 Å². The number of anilines is 1. The first-order valence-electron chi connectivity index (χ1n) is 12.0. The number of benzene rings is 2. The molecule has 2 atom stereocenters. The van der Waals surface area contributed by atoms with Gasteiger partial charge in [-0.15, -0.1) is 8.58 Å². The monoisotopic (exact) mass is 531 g/mol. The molecule has 0 spiro atoms. The molecule has 0 aliphatic heterocycles. The molecule has 2 aromatic carbocycles. The molecule has 1 amide bonds. The fraction of sp³-hybridized carbons (Fsp3) is 0.346. The molecule has 196 valence electrons. The Hall–Kier alpha value is -3.39. The van der Waals surface area contributed by atoms with Gasteiger partial charge in [-0.05, 0) is 62.9 Å². The van der Waals surface area contributed by atoms with Crippen LogP contribution in [0.3, 0.4) is 0 Å². The summed E-state index contributed by atoms with van der Waals surface area (Å²) in [5.41, 5.74) is 1.83. The van der Waals surface area contributed by atoms with Crippen LogP contribution >= 0.6 is 8.58 Å². The van der Waals surface area contributed by atoms with Crippen LogP contribution in [0, 0.1) is 0 Å². The predicted molar refractivity (Wildman–Crippen MR) is 140 cm³/mol. The highest BCUT2D eigenvalue weighted by Gasteiger charge is 2.31. The zero-order valence-electron chi connectivity index (χ0n) is 20.6. The van der Waals surface area contributed by atoms with E-state index in [2.05, 4.69) is 34.4 Å². The summed E-state index contributed by atoms with van der Waals surface area (Å²) < 4.78 is 47.1. The molecule has 0 fully saturated rings. The number of nitrogens with one attached hydrogen (secondary N) is 2. The van der Waals surface area contributed by atoms with Gasteiger partial charge in [0.05, 0.1) is 17.8 Å². The van der Waals surface area contributed by atoms with Crippen LogP contribution in [0.25, 0.3) is 22.4 Å². The largest absolute Gasteiger partial charge is 0.406 e. The van der Waals surface area contributed by atoms with Crippen molar-refractivity contribution in [3.63, 3.8) is 0 Å². The Labute approximate surface area is 214 Å². The average Bonchev–Trinajstić information content (AvgIpc) is 3.48. The number of alkyl halides is 3. The first kappa shape index (κ1) is 26.7. The van der Waals surface area contributed by atoms with Crippen molar-refractivity contribution >= 4 is 31.1 Å². The van der Waals surface area contributed by atoms with E-state index in [1.54, 1.807) is 48.5 Å².